The average molecular weight is 142 g/mol. The molecular formula is C6H14N4. The second kappa shape index (κ2) is 4.09. The molecule has 0 radical (unpaired) electrons. The molecule has 10 heavy (non-hydrogen) atoms. The Morgan fingerprint density at radius 2 is 1.60 bits per heavy atom. The molecule has 0 aliphatic carbocycles. The lowest BCUT2D eigenvalue weighted by Gasteiger charge is -2.12. The van der Waals surface area contributed by atoms with Crippen LogP contribution in [0.4, 0.5) is 0 Å². The zero-order valence-electron chi connectivity index (χ0n) is 6.16. The van der Waals surface area contributed by atoms with Crippen LogP contribution in [0.5, 0.6) is 0 Å². The van der Waals surface area contributed by atoms with E-state index in [9.17, 15) is 0 Å². The SMILES string of the molecule is NN=NN1CCCCCC1. The van der Waals surface area contributed by atoms with Crippen LogP contribution in [0.25, 0.3) is 0 Å². The highest BCUT2D eigenvalue weighted by molar-refractivity contribution is 4.57. The van der Waals surface area contributed by atoms with Gasteiger partial charge in [0.15, 0.2) is 0 Å². The quantitative estimate of drug-likeness (QED) is 0.338. The largest absolute Gasteiger partial charge is 0.303 e. The highest BCUT2D eigenvalue weighted by atomic mass is 15.6. The number of rotatable bonds is 1. The van der Waals surface area contributed by atoms with E-state index in [1.807, 2.05) is 5.01 Å². The van der Waals surface area contributed by atoms with E-state index >= 15 is 0 Å². The molecule has 2 N–H and O–H groups in total. The van der Waals surface area contributed by atoms with Gasteiger partial charge in [-0.05, 0) is 12.8 Å². The summed E-state index contributed by atoms with van der Waals surface area (Å²) in [6.45, 7) is 2.03. The van der Waals surface area contributed by atoms with E-state index in [1.165, 1.54) is 25.7 Å². The van der Waals surface area contributed by atoms with Crippen molar-refractivity contribution in [2.75, 3.05) is 13.1 Å². The van der Waals surface area contributed by atoms with Crippen LogP contribution in [0.3, 0.4) is 0 Å². The summed E-state index contributed by atoms with van der Waals surface area (Å²) in [4.78, 5) is 0. The molecule has 1 saturated heterocycles. The van der Waals surface area contributed by atoms with Gasteiger partial charge in [0.2, 0.25) is 0 Å². The first-order valence-electron chi connectivity index (χ1n) is 3.79. The molecule has 1 aliphatic rings. The smallest absolute Gasteiger partial charge is 0.0377 e. The van der Waals surface area contributed by atoms with Crippen molar-refractivity contribution in [3.63, 3.8) is 0 Å². The molecule has 1 rings (SSSR count). The molecule has 4 heteroatoms. The van der Waals surface area contributed by atoms with Crippen LogP contribution in [0.1, 0.15) is 25.7 Å². The molecular weight excluding hydrogens is 128 g/mol. The topological polar surface area (TPSA) is 54.0 Å². The molecule has 0 aromatic heterocycles. The van der Waals surface area contributed by atoms with E-state index in [0.717, 1.165) is 13.1 Å². The summed E-state index contributed by atoms with van der Waals surface area (Å²) in [6.07, 6.45) is 5.07. The Balaban J connectivity index is 2.28. The van der Waals surface area contributed by atoms with Crippen molar-refractivity contribution in [2.45, 2.75) is 25.7 Å². The lowest BCUT2D eigenvalue weighted by Crippen LogP contribution is -2.17. The summed E-state index contributed by atoms with van der Waals surface area (Å²) in [5.74, 6) is 4.93. The van der Waals surface area contributed by atoms with Crippen LogP contribution in [-0.4, -0.2) is 18.1 Å². The van der Waals surface area contributed by atoms with Crippen molar-refractivity contribution < 1.29 is 0 Å². The highest BCUT2D eigenvalue weighted by Gasteiger charge is 2.04. The first kappa shape index (κ1) is 7.31. The molecule has 0 amide bonds. The third-order valence-electron chi connectivity index (χ3n) is 1.76. The van der Waals surface area contributed by atoms with Gasteiger partial charge in [-0.1, -0.05) is 23.3 Å². The summed E-state index contributed by atoms with van der Waals surface area (Å²) < 4.78 is 0. The van der Waals surface area contributed by atoms with Gasteiger partial charge >= 0.3 is 0 Å². The second-order valence-corrected chi connectivity index (χ2v) is 2.57. The minimum absolute atomic E-state index is 1.01. The third kappa shape index (κ3) is 2.21. The van der Waals surface area contributed by atoms with E-state index < -0.39 is 0 Å². The van der Waals surface area contributed by atoms with Gasteiger partial charge in [-0.2, -0.15) is 0 Å². The Morgan fingerprint density at radius 3 is 2.10 bits per heavy atom. The molecule has 0 aromatic carbocycles. The lowest BCUT2D eigenvalue weighted by molar-refractivity contribution is 0.277. The maximum absolute atomic E-state index is 4.93. The maximum atomic E-state index is 4.93. The summed E-state index contributed by atoms with van der Waals surface area (Å²) >= 11 is 0. The van der Waals surface area contributed by atoms with Crippen molar-refractivity contribution in [1.82, 2.24) is 5.01 Å². The fraction of sp³-hybridized carbons (Fsp3) is 1.00. The highest BCUT2D eigenvalue weighted by Crippen LogP contribution is 2.09. The number of nitrogens with two attached hydrogens (primary N) is 1. The van der Waals surface area contributed by atoms with Gasteiger partial charge in [-0.15, -0.1) is 0 Å². The molecule has 0 atom stereocenters. The van der Waals surface area contributed by atoms with E-state index in [2.05, 4.69) is 10.4 Å². The summed E-state index contributed by atoms with van der Waals surface area (Å²) in [5.41, 5.74) is 0. The minimum atomic E-state index is 1.01. The second-order valence-electron chi connectivity index (χ2n) is 2.57. The standard InChI is InChI=1S/C6H14N4/c7-8-9-10-5-3-1-2-4-6-10/h1-6H2,(H2,7,9). The van der Waals surface area contributed by atoms with Crippen molar-refractivity contribution in [3.05, 3.63) is 0 Å². The van der Waals surface area contributed by atoms with E-state index in [4.69, 9.17) is 5.84 Å². The molecule has 0 bridgehead atoms. The van der Waals surface area contributed by atoms with Crippen LogP contribution in [-0.2, 0) is 0 Å². The van der Waals surface area contributed by atoms with Gasteiger partial charge in [0, 0.05) is 13.1 Å². The van der Waals surface area contributed by atoms with E-state index in [1.54, 1.807) is 0 Å². The normalized spacial score (nSPS) is 21.4. The maximum Gasteiger partial charge on any atom is 0.0377 e. The predicted octanol–water partition coefficient (Wildman–Crippen LogP) is 1.10. The van der Waals surface area contributed by atoms with Gasteiger partial charge in [-0.3, -0.25) is 5.01 Å². The average Bonchev–Trinajstić information content (AvgIpc) is 2.17. The Labute approximate surface area is 61.0 Å². The van der Waals surface area contributed by atoms with Crippen LogP contribution in [0.15, 0.2) is 10.4 Å². The zero-order chi connectivity index (χ0) is 7.23. The Hall–Kier alpha value is -0.800. The Morgan fingerprint density at radius 1 is 1.00 bits per heavy atom. The molecule has 1 aliphatic heterocycles. The van der Waals surface area contributed by atoms with Crippen LogP contribution < -0.4 is 5.84 Å². The summed E-state index contributed by atoms with van der Waals surface area (Å²) in [7, 11) is 0. The molecule has 0 spiro atoms. The first-order valence-corrected chi connectivity index (χ1v) is 3.79. The van der Waals surface area contributed by atoms with Crippen molar-refractivity contribution in [2.24, 2.45) is 16.3 Å². The number of hydrogen-bond acceptors (Lipinski definition) is 2. The monoisotopic (exact) mass is 142 g/mol. The molecule has 1 fully saturated rings. The first-order chi connectivity index (χ1) is 4.93. The summed E-state index contributed by atoms with van der Waals surface area (Å²) in [6, 6.07) is 0. The fourth-order valence-electron chi connectivity index (χ4n) is 1.22. The van der Waals surface area contributed by atoms with E-state index in [-0.39, 0.29) is 0 Å². The number of nitrogens with zero attached hydrogens (tertiary/aromatic N) is 3. The summed E-state index contributed by atoms with van der Waals surface area (Å²) in [5, 5.41) is 8.97. The minimum Gasteiger partial charge on any atom is -0.303 e. The van der Waals surface area contributed by atoms with Gasteiger partial charge in [0.05, 0.1) is 0 Å². The molecule has 58 valence electrons. The van der Waals surface area contributed by atoms with Gasteiger partial charge in [0.25, 0.3) is 0 Å². The molecule has 1 heterocycles. The van der Waals surface area contributed by atoms with Crippen molar-refractivity contribution in [1.29, 1.82) is 0 Å². The van der Waals surface area contributed by atoms with Gasteiger partial charge in [0.1, 0.15) is 0 Å². The van der Waals surface area contributed by atoms with Crippen LogP contribution >= 0.6 is 0 Å². The molecule has 0 aromatic rings. The number of hydrogen-bond donors (Lipinski definition) is 1. The van der Waals surface area contributed by atoms with Gasteiger partial charge < -0.3 is 5.84 Å². The van der Waals surface area contributed by atoms with Gasteiger partial charge in [-0.25, -0.2) is 0 Å². The predicted molar refractivity (Wildman–Crippen MR) is 39.1 cm³/mol. The molecule has 0 saturated carbocycles. The lowest BCUT2D eigenvalue weighted by atomic mass is 10.2. The van der Waals surface area contributed by atoms with Crippen molar-refractivity contribution >= 4 is 0 Å². The Kier molecular flexibility index (Phi) is 2.99. The molecule has 0 unspecified atom stereocenters. The zero-order valence-corrected chi connectivity index (χ0v) is 6.16. The van der Waals surface area contributed by atoms with Crippen LogP contribution in [0, 0.1) is 0 Å². The Bertz CT molecular complexity index is 104. The van der Waals surface area contributed by atoms with Crippen molar-refractivity contribution in [3.8, 4) is 0 Å². The van der Waals surface area contributed by atoms with E-state index in [0.29, 0.717) is 0 Å². The van der Waals surface area contributed by atoms with Crippen LogP contribution in [0.2, 0.25) is 0 Å². The fourth-order valence-corrected chi connectivity index (χ4v) is 1.22. The third-order valence-corrected chi connectivity index (χ3v) is 1.76. The molecule has 4 nitrogen and oxygen atoms in total.